The Hall–Kier alpha value is -5.09. The molecule has 1 aliphatic rings. The van der Waals surface area contributed by atoms with Crippen molar-refractivity contribution in [3.05, 3.63) is 198 Å². The summed E-state index contributed by atoms with van der Waals surface area (Å²) in [5.74, 6) is 0.138. The average Bonchev–Trinajstić information content (AvgIpc) is 3.42. The van der Waals surface area contributed by atoms with Gasteiger partial charge >= 0.3 is 0 Å². The summed E-state index contributed by atoms with van der Waals surface area (Å²) in [4.78, 5) is 5.22. The Kier molecular flexibility index (Phi) is 8.01. The third-order valence-corrected chi connectivity index (χ3v) is 12.2. The van der Waals surface area contributed by atoms with Gasteiger partial charge in [0.2, 0.25) is 0 Å². The lowest BCUT2D eigenvalue weighted by atomic mass is 9.80. The van der Waals surface area contributed by atoms with Crippen LogP contribution in [0, 0.1) is 0 Å². The van der Waals surface area contributed by atoms with Gasteiger partial charge in [-0.25, -0.2) is 0 Å². The number of rotatable bonds is 7. The van der Waals surface area contributed by atoms with Crippen LogP contribution in [0.4, 0.5) is 17.1 Å². The molecule has 1 nitrogen and oxygen atoms in total. The lowest BCUT2D eigenvalue weighted by molar-refractivity contribution is 0.776. The second kappa shape index (κ2) is 13.1. The Morgan fingerprint density at radius 2 is 1.18 bits per heavy atom. The second-order valence-electron chi connectivity index (χ2n) is 12.8. The fourth-order valence-electron chi connectivity index (χ4n) is 7.53. The van der Waals surface area contributed by atoms with E-state index in [0.29, 0.717) is 0 Å². The predicted molar refractivity (Wildman–Crippen MR) is 210 cm³/mol. The minimum absolute atomic E-state index is 0.138. The SMILES string of the molecule is c1ccc(CC(c2ccc3c(c2)sc2ccccc23)c2c(N(c3ccccc3)c3ccccc3)ccc3c2CCc2ccccc2S3)cc1. The zero-order valence-corrected chi connectivity index (χ0v) is 28.8. The molecule has 0 saturated heterocycles. The number of aryl methyl sites for hydroxylation is 1. The third kappa shape index (κ3) is 5.73. The molecule has 49 heavy (non-hydrogen) atoms. The Labute approximate surface area is 296 Å². The van der Waals surface area contributed by atoms with Crippen molar-refractivity contribution in [2.45, 2.75) is 35.0 Å². The number of hydrogen-bond acceptors (Lipinski definition) is 3. The fraction of sp³-hybridized carbons (Fsp3) is 0.0870. The second-order valence-corrected chi connectivity index (χ2v) is 15.0. The smallest absolute Gasteiger partial charge is 0.0503 e. The molecule has 0 radical (unpaired) electrons. The average molecular weight is 666 g/mol. The summed E-state index contributed by atoms with van der Waals surface area (Å²) < 4.78 is 2.70. The molecule has 1 unspecified atom stereocenters. The molecule has 0 N–H and O–H groups in total. The Bertz CT molecular complexity index is 2360. The molecule has 0 saturated carbocycles. The highest BCUT2D eigenvalue weighted by Crippen LogP contribution is 2.49. The van der Waals surface area contributed by atoms with E-state index in [0.717, 1.165) is 30.6 Å². The summed E-state index contributed by atoms with van der Waals surface area (Å²) in [6.07, 6.45) is 2.93. The molecule has 0 amide bonds. The van der Waals surface area contributed by atoms with E-state index in [2.05, 4.69) is 175 Å². The van der Waals surface area contributed by atoms with E-state index >= 15 is 0 Å². The van der Waals surface area contributed by atoms with Gasteiger partial charge in [-0.2, -0.15) is 0 Å². The molecule has 3 heteroatoms. The lowest BCUT2D eigenvalue weighted by Crippen LogP contribution is -2.18. The van der Waals surface area contributed by atoms with E-state index in [9.17, 15) is 0 Å². The molecular formula is C46H35NS2. The Morgan fingerprint density at radius 1 is 0.531 bits per heavy atom. The quantitative estimate of drug-likeness (QED) is 0.167. The van der Waals surface area contributed by atoms with E-state index in [1.165, 1.54) is 63.5 Å². The monoisotopic (exact) mass is 665 g/mol. The third-order valence-electron chi connectivity index (χ3n) is 9.83. The highest BCUT2D eigenvalue weighted by Gasteiger charge is 2.29. The van der Waals surface area contributed by atoms with Gasteiger partial charge in [-0.15, -0.1) is 11.3 Å². The Balaban J connectivity index is 1.32. The number of anilines is 3. The maximum absolute atomic E-state index is 2.49. The van der Waals surface area contributed by atoms with Crippen LogP contribution in [0.25, 0.3) is 20.2 Å². The van der Waals surface area contributed by atoms with Crippen molar-refractivity contribution in [2.24, 2.45) is 0 Å². The molecular weight excluding hydrogens is 631 g/mol. The summed E-state index contributed by atoms with van der Waals surface area (Å²) in [7, 11) is 0. The van der Waals surface area contributed by atoms with Crippen molar-refractivity contribution < 1.29 is 0 Å². The standard InChI is InChI=1S/C46H35NS2/c1-4-14-32(15-5-1)30-40(34-25-26-38-37-21-11-13-23-43(37)49-45(38)31-34)46-39-27-24-33-16-10-12-22-42(33)48-44(39)29-28-41(46)47(35-17-6-2-7-18-35)36-19-8-3-9-20-36/h1-23,25-26,28-29,31,40H,24,27,30H2. The van der Waals surface area contributed by atoms with Crippen LogP contribution in [0.2, 0.25) is 0 Å². The molecule has 2 heterocycles. The fourth-order valence-corrected chi connectivity index (χ4v) is 9.85. The van der Waals surface area contributed by atoms with Gasteiger partial charge in [0.25, 0.3) is 0 Å². The van der Waals surface area contributed by atoms with Crippen LogP contribution in [0.3, 0.4) is 0 Å². The molecule has 1 aliphatic heterocycles. The van der Waals surface area contributed by atoms with Crippen LogP contribution in [-0.4, -0.2) is 0 Å². The highest BCUT2D eigenvalue weighted by molar-refractivity contribution is 7.99. The molecule has 7 aromatic carbocycles. The highest BCUT2D eigenvalue weighted by atomic mass is 32.2. The molecule has 236 valence electrons. The van der Waals surface area contributed by atoms with Gasteiger partial charge < -0.3 is 4.90 Å². The maximum Gasteiger partial charge on any atom is 0.0503 e. The van der Waals surface area contributed by atoms with E-state index in [4.69, 9.17) is 0 Å². The van der Waals surface area contributed by atoms with Crippen molar-refractivity contribution in [1.82, 2.24) is 0 Å². The van der Waals surface area contributed by atoms with Crippen LogP contribution in [0.5, 0.6) is 0 Å². The number of thiophene rings is 1. The topological polar surface area (TPSA) is 3.24 Å². The molecule has 0 bridgehead atoms. The number of benzene rings is 7. The van der Waals surface area contributed by atoms with E-state index in [1.807, 2.05) is 23.1 Å². The first-order chi connectivity index (χ1) is 24.3. The predicted octanol–water partition coefficient (Wildman–Crippen LogP) is 13.1. The van der Waals surface area contributed by atoms with Gasteiger partial charge in [0, 0.05) is 47.3 Å². The van der Waals surface area contributed by atoms with Gasteiger partial charge in [-0.05, 0) is 102 Å². The van der Waals surface area contributed by atoms with Crippen molar-refractivity contribution in [3.8, 4) is 0 Å². The Morgan fingerprint density at radius 3 is 1.96 bits per heavy atom. The minimum atomic E-state index is 0.138. The first kappa shape index (κ1) is 30.0. The zero-order valence-electron chi connectivity index (χ0n) is 27.1. The minimum Gasteiger partial charge on any atom is -0.310 e. The normalized spacial score (nSPS) is 13.1. The molecule has 0 aliphatic carbocycles. The van der Waals surface area contributed by atoms with Crippen molar-refractivity contribution in [2.75, 3.05) is 4.90 Å². The van der Waals surface area contributed by atoms with E-state index in [-0.39, 0.29) is 5.92 Å². The van der Waals surface area contributed by atoms with Gasteiger partial charge in [0.05, 0.1) is 5.69 Å². The summed E-state index contributed by atoms with van der Waals surface area (Å²) in [5, 5.41) is 2.69. The molecule has 0 fully saturated rings. The summed E-state index contributed by atoms with van der Waals surface area (Å²) in [6.45, 7) is 0. The number of nitrogens with zero attached hydrogens (tertiary/aromatic N) is 1. The van der Waals surface area contributed by atoms with Gasteiger partial charge in [0.1, 0.15) is 0 Å². The first-order valence-electron chi connectivity index (χ1n) is 17.1. The number of hydrogen-bond donors (Lipinski definition) is 0. The van der Waals surface area contributed by atoms with Gasteiger partial charge in [0.15, 0.2) is 0 Å². The van der Waals surface area contributed by atoms with Crippen molar-refractivity contribution in [3.63, 3.8) is 0 Å². The molecule has 8 aromatic rings. The van der Waals surface area contributed by atoms with E-state index < -0.39 is 0 Å². The summed E-state index contributed by atoms with van der Waals surface area (Å²) in [5.41, 5.74) is 10.6. The molecule has 1 atom stereocenters. The van der Waals surface area contributed by atoms with Crippen LogP contribution in [0.1, 0.15) is 33.7 Å². The summed E-state index contributed by atoms with van der Waals surface area (Å²) >= 11 is 3.85. The molecule has 1 aromatic heterocycles. The van der Waals surface area contributed by atoms with Crippen molar-refractivity contribution in [1.29, 1.82) is 0 Å². The van der Waals surface area contributed by atoms with Crippen LogP contribution < -0.4 is 4.90 Å². The van der Waals surface area contributed by atoms with Crippen LogP contribution in [-0.2, 0) is 19.3 Å². The lowest BCUT2D eigenvalue weighted by Gasteiger charge is -2.33. The van der Waals surface area contributed by atoms with Gasteiger partial charge in [-0.3, -0.25) is 0 Å². The number of fused-ring (bicyclic) bond motifs is 5. The largest absolute Gasteiger partial charge is 0.310 e. The zero-order chi connectivity index (χ0) is 32.6. The maximum atomic E-state index is 2.49. The van der Waals surface area contributed by atoms with Crippen LogP contribution >= 0.6 is 23.1 Å². The molecule has 9 rings (SSSR count). The number of para-hydroxylation sites is 2. The first-order valence-corrected chi connectivity index (χ1v) is 18.7. The van der Waals surface area contributed by atoms with Crippen molar-refractivity contribution >= 4 is 60.3 Å². The van der Waals surface area contributed by atoms with Crippen LogP contribution in [0.15, 0.2) is 180 Å². The van der Waals surface area contributed by atoms with E-state index in [1.54, 1.807) is 0 Å². The summed E-state index contributed by atoms with van der Waals surface area (Å²) in [6, 6.07) is 62.7. The molecule has 0 spiro atoms. The van der Waals surface area contributed by atoms with Gasteiger partial charge in [-0.1, -0.05) is 127 Å².